The quantitative estimate of drug-likeness (QED) is 0.667. The van der Waals surface area contributed by atoms with Gasteiger partial charge >= 0.3 is 0 Å². The molecule has 0 radical (unpaired) electrons. The fourth-order valence-electron chi connectivity index (χ4n) is 1.62. The van der Waals surface area contributed by atoms with E-state index in [4.69, 9.17) is 0 Å². The fraction of sp³-hybridized carbons (Fsp3) is 1.00. The number of rotatable bonds is 8. The lowest BCUT2D eigenvalue weighted by atomic mass is 10.2. The van der Waals surface area contributed by atoms with E-state index in [1.54, 1.807) is 0 Å². The SMILES string of the molecule is CCCNC(CSCC(C)C)C1CC1. The van der Waals surface area contributed by atoms with Crippen LogP contribution in [0.2, 0.25) is 0 Å². The molecule has 14 heavy (non-hydrogen) atoms. The third-order valence-electron chi connectivity index (χ3n) is 2.60. The van der Waals surface area contributed by atoms with Crippen molar-refractivity contribution in [2.24, 2.45) is 11.8 Å². The molecule has 1 aliphatic rings. The van der Waals surface area contributed by atoms with Gasteiger partial charge < -0.3 is 5.32 Å². The zero-order valence-electron chi connectivity index (χ0n) is 9.88. The van der Waals surface area contributed by atoms with E-state index in [-0.39, 0.29) is 0 Å². The van der Waals surface area contributed by atoms with E-state index < -0.39 is 0 Å². The maximum atomic E-state index is 3.68. The Bertz CT molecular complexity index is 143. The second-order valence-electron chi connectivity index (χ2n) is 4.83. The highest BCUT2D eigenvalue weighted by Gasteiger charge is 2.30. The predicted molar refractivity (Wildman–Crippen MR) is 67.0 cm³/mol. The molecule has 0 aromatic carbocycles. The van der Waals surface area contributed by atoms with Gasteiger partial charge in [-0.2, -0.15) is 11.8 Å². The molecule has 0 spiro atoms. The average Bonchev–Trinajstić information content (AvgIpc) is 2.93. The summed E-state index contributed by atoms with van der Waals surface area (Å²) in [5.41, 5.74) is 0. The number of nitrogens with one attached hydrogen (secondary N) is 1. The molecule has 0 bridgehead atoms. The van der Waals surface area contributed by atoms with Crippen LogP contribution in [0.5, 0.6) is 0 Å². The van der Waals surface area contributed by atoms with Crippen molar-refractivity contribution in [3.8, 4) is 0 Å². The van der Waals surface area contributed by atoms with Gasteiger partial charge in [0.05, 0.1) is 0 Å². The number of hydrogen-bond donors (Lipinski definition) is 1. The molecule has 0 aliphatic heterocycles. The van der Waals surface area contributed by atoms with Gasteiger partial charge in [-0.15, -0.1) is 0 Å². The van der Waals surface area contributed by atoms with E-state index in [0.29, 0.717) is 0 Å². The maximum Gasteiger partial charge on any atom is 0.0186 e. The molecule has 1 aliphatic carbocycles. The molecule has 0 aromatic rings. The van der Waals surface area contributed by atoms with Crippen LogP contribution in [0.4, 0.5) is 0 Å². The molecule has 1 nitrogen and oxygen atoms in total. The minimum absolute atomic E-state index is 0.804. The van der Waals surface area contributed by atoms with Gasteiger partial charge in [0.2, 0.25) is 0 Å². The zero-order valence-corrected chi connectivity index (χ0v) is 10.7. The monoisotopic (exact) mass is 215 g/mol. The van der Waals surface area contributed by atoms with Crippen LogP contribution < -0.4 is 5.32 Å². The van der Waals surface area contributed by atoms with E-state index in [2.05, 4.69) is 37.8 Å². The van der Waals surface area contributed by atoms with Gasteiger partial charge in [-0.1, -0.05) is 20.8 Å². The van der Waals surface area contributed by atoms with Crippen LogP contribution in [0.1, 0.15) is 40.0 Å². The summed E-state index contributed by atoms with van der Waals surface area (Å²) in [5.74, 6) is 4.48. The fourth-order valence-corrected chi connectivity index (χ4v) is 2.87. The molecule has 0 saturated heterocycles. The average molecular weight is 215 g/mol. The summed E-state index contributed by atoms with van der Waals surface area (Å²) in [6.45, 7) is 8.05. The summed E-state index contributed by atoms with van der Waals surface area (Å²) in [6.07, 6.45) is 4.19. The van der Waals surface area contributed by atoms with Crippen molar-refractivity contribution in [3.05, 3.63) is 0 Å². The van der Waals surface area contributed by atoms with Gasteiger partial charge in [0.25, 0.3) is 0 Å². The van der Waals surface area contributed by atoms with E-state index in [1.165, 1.54) is 37.3 Å². The minimum atomic E-state index is 0.804. The molecule has 1 N–H and O–H groups in total. The van der Waals surface area contributed by atoms with Gasteiger partial charge in [-0.25, -0.2) is 0 Å². The van der Waals surface area contributed by atoms with Crippen LogP contribution in [0.25, 0.3) is 0 Å². The molecular formula is C12H25NS. The van der Waals surface area contributed by atoms with Gasteiger partial charge in [0.1, 0.15) is 0 Å². The highest BCUT2D eigenvalue weighted by molar-refractivity contribution is 7.99. The van der Waals surface area contributed by atoms with Crippen LogP contribution in [-0.4, -0.2) is 24.1 Å². The molecule has 1 atom stereocenters. The zero-order chi connectivity index (χ0) is 10.4. The largest absolute Gasteiger partial charge is 0.313 e. The Kier molecular flexibility index (Phi) is 5.95. The van der Waals surface area contributed by atoms with Gasteiger partial charge in [-0.3, -0.25) is 0 Å². The lowest BCUT2D eigenvalue weighted by molar-refractivity contribution is 0.503. The molecule has 84 valence electrons. The van der Waals surface area contributed by atoms with Crippen LogP contribution in [-0.2, 0) is 0 Å². The molecule has 1 rings (SSSR count). The third kappa shape index (κ3) is 5.26. The summed E-state index contributed by atoms with van der Waals surface area (Å²) in [4.78, 5) is 0. The Balaban J connectivity index is 2.08. The molecule has 0 aromatic heterocycles. The molecular weight excluding hydrogens is 190 g/mol. The minimum Gasteiger partial charge on any atom is -0.313 e. The van der Waals surface area contributed by atoms with E-state index >= 15 is 0 Å². The number of thioether (sulfide) groups is 1. The predicted octanol–water partition coefficient (Wildman–Crippen LogP) is 3.15. The van der Waals surface area contributed by atoms with Gasteiger partial charge in [-0.05, 0) is 43.4 Å². The lowest BCUT2D eigenvalue weighted by Crippen LogP contribution is -2.34. The number of hydrogen-bond acceptors (Lipinski definition) is 2. The molecule has 1 unspecified atom stereocenters. The van der Waals surface area contributed by atoms with E-state index in [9.17, 15) is 0 Å². The second kappa shape index (κ2) is 6.73. The summed E-state index contributed by atoms with van der Waals surface area (Å²) < 4.78 is 0. The lowest BCUT2D eigenvalue weighted by Gasteiger charge is -2.17. The molecule has 1 saturated carbocycles. The Morgan fingerprint density at radius 1 is 1.29 bits per heavy atom. The van der Waals surface area contributed by atoms with Crippen molar-refractivity contribution in [2.75, 3.05) is 18.1 Å². The second-order valence-corrected chi connectivity index (χ2v) is 5.90. The Labute approximate surface area is 93.4 Å². The van der Waals surface area contributed by atoms with Crippen LogP contribution in [0, 0.1) is 11.8 Å². The van der Waals surface area contributed by atoms with Crippen LogP contribution in [0.3, 0.4) is 0 Å². The Morgan fingerprint density at radius 2 is 2.00 bits per heavy atom. The summed E-state index contributed by atoms with van der Waals surface area (Å²) in [6, 6.07) is 0.804. The highest BCUT2D eigenvalue weighted by Crippen LogP contribution is 2.34. The first-order valence-electron chi connectivity index (χ1n) is 6.05. The standard InChI is InChI=1S/C12H25NS/c1-4-7-13-12(11-5-6-11)9-14-8-10(2)3/h10-13H,4-9H2,1-3H3. The van der Waals surface area contributed by atoms with Crippen LogP contribution >= 0.6 is 11.8 Å². The van der Waals surface area contributed by atoms with Gasteiger partial charge in [0.15, 0.2) is 0 Å². The Hall–Kier alpha value is 0.310. The summed E-state index contributed by atoms with van der Waals surface area (Å²) >= 11 is 2.13. The Morgan fingerprint density at radius 3 is 2.50 bits per heavy atom. The first kappa shape index (κ1) is 12.4. The first-order valence-corrected chi connectivity index (χ1v) is 7.20. The smallest absolute Gasteiger partial charge is 0.0186 e. The maximum absolute atomic E-state index is 3.68. The van der Waals surface area contributed by atoms with Crippen molar-refractivity contribution in [2.45, 2.75) is 46.1 Å². The van der Waals surface area contributed by atoms with E-state index in [0.717, 1.165) is 17.9 Å². The molecule has 0 heterocycles. The van der Waals surface area contributed by atoms with Crippen molar-refractivity contribution < 1.29 is 0 Å². The first-order chi connectivity index (χ1) is 6.74. The molecule has 2 heteroatoms. The highest BCUT2D eigenvalue weighted by atomic mass is 32.2. The van der Waals surface area contributed by atoms with Crippen molar-refractivity contribution >= 4 is 11.8 Å². The summed E-state index contributed by atoms with van der Waals surface area (Å²) in [5, 5.41) is 3.68. The van der Waals surface area contributed by atoms with Crippen molar-refractivity contribution in [3.63, 3.8) is 0 Å². The normalized spacial score (nSPS) is 18.9. The van der Waals surface area contributed by atoms with E-state index in [1.807, 2.05) is 0 Å². The van der Waals surface area contributed by atoms with Gasteiger partial charge in [0, 0.05) is 11.8 Å². The molecule has 0 amide bonds. The van der Waals surface area contributed by atoms with Crippen molar-refractivity contribution in [1.29, 1.82) is 0 Å². The summed E-state index contributed by atoms with van der Waals surface area (Å²) in [7, 11) is 0. The third-order valence-corrected chi connectivity index (χ3v) is 4.09. The molecule has 1 fully saturated rings. The topological polar surface area (TPSA) is 12.0 Å². The van der Waals surface area contributed by atoms with Crippen molar-refractivity contribution in [1.82, 2.24) is 5.32 Å². The van der Waals surface area contributed by atoms with Crippen LogP contribution in [0.15, 0.2) is 0 Å².